The van der Waals surface area contributed by atoms with Crippen molar-refractivity contribution in [1.29, 1.82) is 0 Å². The molecule has 0 aliphatic carbocycles. The first-order chi connectivity index (χ1) is 13.9. The molecule has 4 aromatic rings. The molecule has 0 unspecified atom stereocenters. The molecule has 4 rings (SSSR count). The zero-order valence-electron chi connectivity index (χ0n) is 16.3. The average molecular weight is 417 g/mol. The number of aryl methyl sites for hydroxylation is 3. The van der Waals surface area contributed by atoms with Crippen LogP contribution < -0.4 is 21.3 Å². The zero-order valence-corrected chi connectivity index (χ0v) is 17.1. The second kappa shape index (κ2) is 7.32. The smallest absolute Gasteiger partial charge is 0.329 e. The minimum Gasteiger partial charge on any atom is -0.495 e. The Kier molecular flexibility index (Phi) is 4.83. The molecule has 0 fully saturated rings. The molecule has 29 heavy (non-hydrogen) atoms. The Morgan fingerprint density at radius 1 is 1.31 bits per heavy atom. The molecule has 3 heterocycles. The number of benzene rings is 1. The topological polar surface area (TPSA) is 98.4 Å². The number of imidazole rings is 2. The van der Waals surface area contributed by atoms with Crippen LogP contribution >= 0.6 is 11.6 Å². The van der Waals surface area contributed by atoms with Gasteiger partial charge in [-0.25, -0.2) is 4.79 Å². The highest BCUT2D eigenvalue weighted by Gasteiger charge is 2.17. The number of ether oxygens (including phenoxy) is 1. The van der Waals surface area contributed by atoms with Crippen LogP contribution in [0.4, 0.5) is 5.69 Å². The lowest BCUT2D eigenvalue weighted by Crippen LogP contribution is -2.28. The fraction of sp³-hybridized carbons (Fsp3) is 0.316. The van der Waals surface area contributed by atoms with Crippen LogP contribution in [-0.4, -0.2) is 37.2 Å². The lowest BCUT2D eigenvalue weighted by molar-refractivity contribution is 0.416. The molecular weight excluding hydrogens is 396 g/mol. The maximum atomic E-state index is 12.3. The lowest BCUT2D eigenvalue weighted by Gasteiger charge is -2.12. The number of aromatic nitrogens is 5. The predicted molar refractivity (Wildman–Crippen MR) is 112 cm³/mol. The molecule has 0 radical (unpaired) electrons. The van der Waals surface area contributed by atoms with E-state index in [0.29, 0.717) is 35.1 Å². The van der Waals surface area contributed by atoms with E-state index >= 15 is 0 Å². The van der Waals surface area contributed by atoms with Crippen molar-refractivity contribution in [3.8, 4) is 5.75 Å². The summed E-state index contributed by atoms with van der Waals surface area (Å²) >= 11 is 6.07. The molecule has 3 aromatic heterocycles. The number of nitrogens with zero attached hydrogens (tertiary/aromatic N) is 4. The first kappa shape index (κ1) is 19.1. The van der Waals surface area contributed by atoms with Crippen LogP contribution in [0.1, 0.15) is 12.1 Å². The van der Waals surface area contributed by atoms with Gasteiger partial charge < -0.3 is 14.6 Å². The summed E-state index contributed by atoms with van der Waals surface area (Å²) in [5.41, 5.74) is 1.62. The van der Waals surface area contributed by atoms with Crippen molar-refractivity contribution in [3.63, 3.8) is 0 Å². The number of aromatic amines is 1. The standard InChI is InChI=1S/C19H21ClN6O3/c1-11-10-26-15-16(24(2)19(28)23-17(15)27)22-18(26)25(11)8-4-7-21-13-9-12(20)5-6-14(13)29-3/h5-6,9-10,21H,4,7-8H2,1-3H3,(H,23,27,28). The summed E-state index contributed by atoms with van der Waals surface area (Å²) < 4.78 is 10.5. The third kappa shape index (κ3) is 3.27. The number of nitrogens with one attached hydrogen (secondary N) is 2. The minimum absolute atomic E-state index is 0.365. The van der Waals surface area contributed by atoms with E-state index in [2.05, 4.69) is 15.3 Å². The Bertz CT molecular complexity index is 1330. The number of anilines is 1. The molecule has 0 saturated heterocycles. The zero-order chi connectivity index (χ0) is 20.7. The molecule has 2 N–H and O–H groups in total. The van der Waals surface area contributed by atoms with Gasteiger partial charge in [0.1, 0.15) is 5.75 Å². The molecule has 1 aromatic carbocycles. The Balaban J connectivity index is 1.58. The first-order valence-corrected chi connectivity index (χ1v) is 9.53. The highest BCUT2D eigenvalue weighted by atomic mass is 35.5. The maximum Gasteiger partial charge on any atom is 0.329 e. The Hall–Kier alpha value is -3.20. The van der Waals surface area contributed by atoms with Gasteiger partial charge in [0.25, 0.3) is 5.56 Å². The second-order valence-corrected chi connectivity index (χ2v) is 7.26. The van der Waals surface area contributed by atoms with Gasteiger partial charge in [-0.2, -0.15) is 4.98 Å². The van der Waals surface area contributed by atoms with Crippen molar-refractivity contribution in [2.45, 2.75) is 19.9 Å². The van der Waals surface area contributed by atoms with Crippen LogP contribution in [0.2, 0.25) is 5.02 Å². The Morgan fingerprint density at radius 3 is 2.86 bits per heavy atom. The van der Waals surface area contributed by atoms with Gasteiger partial charge in [0.05, 0.1) is 12.8 Å². The molecule has 9 nitrogen and oxygen atoms in total. The fourth-order valence-corrected chi connectivity index (χ4v) is 3.64. The van der Waals surface area contributed by atoms with Gasteiger partial charge in [0.2, 0.25) is 5.78 Å². The monoisotopic (exact) mass is 416 g/mol. The van der Waals surface area contributed by atoms with Crippen LogP contribution in [0, 0.1) is 6.92 Å². The van der Waals surface area contributed by atoms with Gasteiger partial charge in [0.15, 0.2) is 11.2 Å². The molecule has 0 saturated carbocycles. The van der Waals surface area contributed by atoms with Crippen molar-refractivity contribution in [2.75, 3.05) is 19.0 Å². The molecule has 0 amide bonds. The third-order valence-electron chi connectivity index (χ3n) is 4.95. The SMILES string of the molecule is COc1ccc(Cl)cc1NCCCn1c(C)cn2c3c(=O)[nH]c(=O)n(C)c3nc12. The van der Waals surface area contributed by atoms with Crippen LogP contribution in [0.3, 0.4) is 0 Å². The second-order valence-electron chi connectivity index (χ2n) is 6.82. The quantitative estimate of drug-likeness (QED) is 0.469. The van der Waals surface area contributed by atoms with E-state index in [0.717, 1.165) is 23.6 Å². The summed E-state index contributed by atoms with van der Waals surface area (Å²) in [7, 11) is 3.21. The fourth-order valence-electron chi connectivity index (χ4n) is 3.47. The number of fused-ring (bicyclic) bond motifs is 3. The number of rotatable bonds is 6. The molecule has 0 aliphatic heterocycles. The van der Waals surface area contributed by atoms with Crippen LogP contribution in [0.5, 0.6) is 5.75 Å². The van der Waals surface area contributed by atoms with Gasteiger partial charge in [-0.05, 0) is 31.5 Å². The summed E-state index contributed by atoms with van der Waals surface area (Å²) in [5, 5.41) is 3.97. The Labute approximate surface area is 170 Å². The normalized spacial score (nSPS) is 11.4. The number of methoxy groups -OCH3 is 1. The summed E-state index contributed by atoms with van der Waals surface area (Å²) in [6.45, 7) is 3.34. The molecule has 10 heteroatoms. The van der Waals surface area contributed by atoms with Crippen molar-refractivity contribution in [3.05, 3.63) is 56.0 Å². The van der Waals surface area contributed by atoms with E-state index in [1.807, 2.05) is 29.8 Å². The number of H-pyrrole nitrogens is 1. The van der Waals surface area contributed by atoms with Crippen LogP contribution in [0.15, 0.2) is 34.0 Å². The van der Waals surface area contributed by atoms with Gasteiger partial charge >= 0.3 is 5.69 Å². The maximum absolute atomic E-state index is 12.3. The molecule has 152 valence electrons. The molecule has 0 spiro atoms. The average Bonchev–Trinajstić information content (AvgIpc) is 3.19. The number of hydrogen-bond donors (Lipinski definition) is 2. The van der Waals surface area contributed by atoms with E-state index in [-0.39, 0.29) is 0 Å². The van der Waals surface area contributed by atoms with E-state index in [9.17, 15) is 9.59 Å². The summed E-state index contributed by atoms with van der Waals surface area (Å²) in [4.78, 5) is 31.0. The van der Waals surface area contributed by atoms with Gasteiger partial charge in [-0.1, -0.05) is 11.6 Å². The summed E-state index contributed by atoms with van der Waals surface area (Å²) in [5.74, 6) is 1.36. The molecule has 0 bridgehead atoms. The van der Waals surface area contributed by atoms with E-state index in [4.69, 9.17) is 16.3 Å². The molecular formula is C19H21ClN6O3. The molecule has 0 atom stereocenters. The van der Waals surface area contributed by atoms with Gasteiger partial charge in [0, 0.05) is 37.1 Å². The van der Waals surface area contributed by atoms with E-state index in [1.54, 1.807) is 24.6 Å². The highest BCUT2D eigenvalue weighted by Crippen LogP contribution is 2.27. The van der Waals surface area contributed by atoms with E-state index < -0.39 is 11.2 Å². The lowest BCUT2D eigenvalue weighted by atomic mass is 10.3. The van der Waals surface area contributed by atoms with E-state index in [1.165, 1.54) is 4.57 Å². The van der Waals surface area contributed by atoms with Crippen molar-refractivity contribution < 1.29 is 4.74 Å². The van der Waals surface area contributed by atoms with Crippen molar-refractivity contribution >= 4 is 34.2 Å². The number of hydrogen-bond acceptors (Lipinski definition) is 5. The van der Waals surface area contributed by atoms with Gasteiger partial charge in [-0.15, -0.1) is 0 Å². The Morgan fingerprint density at radius 2 is 2.10 bits per heavy atom. The van der Waals surface area contributed by atoms with Crippen molar-refractivity contribution in [2.24, 2.45) is 7.05 Å². The van der Waals surface area contributed by atoms with Gasteiger partial charge in [-0.3, -0.25) is 18.7 Å². The minimum atomic E-state index is -0.480. The number of halogens is 1. The third-order valence-corrected chi connectivity index (χ3v) is 5.19. The highest BCUT2D eigenvalue weighted by molar-refractivity contribution is 6.30. The van der Waals surface area contributed by atoms with Crippen LogP contribution in [-0.2, 0) is 13.6 Å². The molecule has 0 aliphatic rings. The summed E-state index contributed by atoms with van der Waals surface area (Å²) in [6.07, 6.45) is 2.66. The first-order valence-electron chi connectivity index (χ1n) is 9.15. The predicted octanol–water partition coefficient (Wildman–Crippen LogP) is 2.15. The largest absolute Gasteiger partial charge is 0.495 e. The van der Waals surface area contributed by atoms with Crippen molar-refractivity contribution in [1.82, 2.24) is 23.5 Å². The van der Waals surface area contributed by atoms with Crippen LogP contribution in [0.25, 0.3) is 16.9 Å². The summed E-state index contributed by atoms with van der Waals surface area (Å²) in [6, 6.07) is 5.43.